The van der Waals surface area contributed by atoms with Crippen LogP contribution in [0.3, 0.4) is 0 Å². The van der Waals surface area contributed by atoms with Crippen molar-refractivity contribution in [1.82, 2.24) is 34.4 Å². The lowest BCUT2D eigenvalue weighted by Crippen LogP contribution is -2.54. The number of hydrogen-bond acceptors (Lipinski definition) is 8. The van der Waals surface area contributed by atoms with Crippen LogP contribution in [-0.2, 0) is 15.8 Å². The zero-order valence-corrected chi connectivity index (χ0v) is 24.7. The van der Waals surface area contributed by atoms with Crippen molar-refractivity contribution in [1.29, 1.82) is 0 Å². The van der Waals surface area contributed by atoms with Gasteiger partial charge in [-0.15, -0.1) is 0 Å². The van der Waals surface area contributed by atoms with Gasteiger partial charge in [-0.3, -0.25) is 19.1 Å². The monoisotopic (exact) mass is 635 g/mol. The van der Waals surface area contributed by atoms with Crippen molar-refractivity contribution < 1.29 is 37.1 Å². The molecule has 0 aliphatic carbocycles. The number of carbonyl (C=O) groups is 3. The van der Waals surface area contributed by atoms with E-state index in [1.54, 1.807) is 28.0 Å². The number of hydrogen-bond donors (Lipinski definition) is 2. The molecule has 0 atom stereocenters. The predicted molar refractivity (Wildman–Crippen MR) is 152 cm³/mol. The van der Waals surface area contributed by atoms with E-state index in [0.717, 1.165) is 6.20 Å². The molecule has 4 aromatic rings. The first-order valence-electron chi connectivity index (χ1n) is 13.2. The smallest absolute Gasteiger partial charge is 0.433 e. The van der Waals surface area contributed by atoms with Crippen LogP contribution in [0.1, 0.15) is 16.1 Å². The Kier molecular flexibility index (Phi) is 9.44. The van der Waals surface area contributed by atoms with Crippen LogP contribution >= 0.6 is 11.6 Å². The van der Waals surface area contributed by atoms with Gasteiger partial charge in [-0.05, 0) is 18.2 Å². The van der Waals surface area contributed by atoms with Crippen LogP contribution in [0, 0.1) is 0 Å². The Morgan fingerprint density at radius 3 is 2.39 bits per heavy atom. The Morgan fingerprint density at radius 1 is 1.11 bits per heavy atom. The predicted octanol–water partition coefficient (Wildman–Crippen LogP) is 1.89. The highest BCUT2D eigenvalue weighted by Crippen LogP contribution is 2.36. The number of amides is 2. The fourth-order valence-electron chi connectivity index (χ4n) is 4.64. The number of aromatic nitrogens is 5. The molecule has 0 spiro atoms. The maximum absolute atomic E-state index is 13.4. The molecule has 0 bridgehead atoms. The van der Waals surface area contributed by atoms with E-state index in [9.17, 15) is 22.8 Å². The highest BCUT2D eigenvalue weighted by atomic mass is 35.5. The number of anilines is 2. The van der Waals surface area contributed by atoms with Crippen molar-refractivity contribution in [2.24, 2.45) is 0 Å². The van der Waals surface area contributed by atoms with Crippen LogP contribution in [0.25, 0.3) is 16.9 Å². The SMILES string of the molecule is C[N+](C)(C)CC(=O)N1CCN(C(=O)c2ccc(Nc3nccn4c(-c5cn[nH]c5C(F)(F)F)cnc34)cc2Cl)CC1.O=C[O-]. The fourth-order valence-corrected chi connectivity index (χ4v) is 4.90. The number of imidazole rings is 1. The molecule has 1 fully saturated rings. The largest absolute Gasteiger partial charge is 0.554 e. The van der Waals surface area contributed by atoms with Gasteiger partial charge in [0, 0.05) is 50.7 Å². The van der Waals surface area contributed by atoms with Crippen LogP contribution in [-0.4, -0.2) is 111 Å². The lowest BCUT2D eigenvalue weighted by molar-refractivity contribution is -0.862. The minimum Gasteiger partial charge on any atom is -0.554 e. The second-order valence-electron chi connectivity index (χ2n) is 10.8. The molecule has 1 aromatic carbocycles. The number of nitrogens with one attached hydrogen (secondary N) is 2. The van der Waals surface area contributed by atoms with Crippen LogP contribution in [0.4, 0.5) is 24.7 Å². The summed E-state index contributed by atoms with van der Waals surface area (Å²) >= 11 is 6.50. The third kappa shape index (κ3) is 7.26. The van der Waals surface area contributed by atoms with E-state index < -0.39 is 18.3 Å². The summed E-state index contributed by atoms with van der Waals surface area (Å²) in [6.45, 7) is 1.59. The summed E-state index contributed by atoms with van der Waals surface area (Å²) < 4.78 is 42.2. The second-order valence-corrected chi connectivity index (χ2v) is 11.2. The number of carbonyl (C=O) groups excluding carboxylic acids is 3. The summed E-state index contributed by atoms with van der Waals surface area (Å²) in [5, 5.41) is 17.1. The first kappa shape index (κ1) is 32.2. The minimum absolute atomic E-state index is 0.0526. The van der Waals surface area contributed by atoms with E-state index in [4.69, 9.17) is 21.5 Å². The van der Waals surface area contributed by atoms with Crippen molar-refractivity contribution >= 4 is 47.0 Å². The van der Waals surface area contributed by atoms with Crippen molar-refractivity contribution in [2.75, 3.05) is 59.2 Å². The zero-order chi connectivity index (χ0) is 32.2. The van der Waals surface area contributed by atoms with Crippen molar-refractivity contribution in [3.8, 4) is 11.3 Å². The Hall–Kier alpha value is -4.70. The van der Waals surface area contributed by atoms with Gasteiger partial charge in [0.2, 0.25) is 0 Å². The number of piperazine rings is 1. The van der Waals surface area contributed by atoms with Crippen LogP contribution in [0.2, 0.25) is 5.02 Å². The molecule has 0 unspecified atom stereocenters. The van der Waals surface area contributed by atoms with Gasteiger partial charge in [-0.2, -0.15) is 18.3 Å². The molecule has 0 radical (unpaired) electrons. The van der Waals surface area contributed by atoms with E-state index in [1.165, 1.54) is 23.0 Å². The molecule has 234 valence electrons. The number of likely N-dealkylation sites (N-methyl/N-ethyl adjacent to an activating group) is 1. The quantitative estimate of drug-likeness (QED) is 0.241. The summed E-state index contributed by atoms with van der Waals surface area (Å²) in [4.78, 5) is 45.9. The molecule has 1 aliphatic heterocycles. The summed E-state index contributed by atoms with van der Waals surface area (Å²) in [5.41, 5.74) is 0.168. The lowest BCUT2D eigenvalue weighted by Gasteiger charge is -2.36. The van der Waals surface area contributed by atoms with Gasteiger partial charge < -0.3 is 29.5 Å². The number of alkyl halides is 3. The summed E-state index contributed by atoms with van der Waals surface area (Å²) in [7, 11) is 5.86. The molecule has 0 saturated carbocycles. The molecule has 17 heteroatoms. The number of fused-ring (bicyclic) bond motifs is 1. The van der Waals surface area contributed by atoms with E-state index >= 15 is 0 Å². The highest BCUT2D eigenvalue weighted by molar-refractivity contribution is 6.34. The fraction of sp³-hybridized carbons (Fsp3) is 0.333. The number of aromatic amines is 1. The second kappa shape index (κ2) is 12.9. The third-order valence-electron chi connectivity index (χ3n) is 6.62. The molecule has 2 amide bonds. The number of H-pyrrole nitrogens is 1. The minimum atomic E-state index is -4.61. The molecule has 2 N–H and O–H groups in total. The Labute approximate surface area is 254 Å². The molecular formula is C27H29ClF3N9O4. The number of quaternary nitrogens is 1. The Morgan fingerprint density at radius 2 is 1.77 bits per heavy atom. The maximum atomic E-state index is 13.4. The van der Waals surface area contributed by atoms with Gasteiger partial charge in [0.1, 0.15) is 5.69 Å². The van der Waals surface area contributed by atoms with E-state index in [0.29, 0.717) is 48.5 Å². The molecule has 4 heterocycles. The standard InChI is InChI=1S/C26H27ClF3N9O2.CH2O2/c1-39(2,3)15-21(40)36-8-10-37(11-9-36)25(41)17-5-4-16(12-19(17)27)34-23-24-32-14-20(38(24)7-6-31-23)18-13-33-35-22(18)26(28,29)30;2-1-3/h4-7,12-14H,8-11,15H2,1-3H3,(H-,31,33,34,35,41);1H,(H,2,3). The van der Waals surface area contributed by atoms with Crippen molar-refractivity contribution in [2.45, 2.75) is 6.18 Å². The summed E-state index contributed by atoms with van der Waals surface area (Å²) in [5.74, 6) is 0.0939. The van der Waals surface area contributed by atoms with Gasteiger partial charge in [0.15, 0.2) is 18.0 Å². The van der Waals surface area contributed by atoms with E-state index in [1.807, 2.05) is 26.2 Å². The van der Waals surface area contributed by atoms with E-state index in [2.05, 4.69) is 20.4 Å². The van der Waals surface area contributed by atoms with Crippen molar-refractivity contribution in [3.63, 3.8) is 0 Å². The van der Waals surface area contributed by atoms with Gasteiger partial charge in [0.05, 0.1) is 55.4 Å². The molecule has 1 saturated heterocycles. The van der Waals surface area contributed by atoms with Gasteiger partial charge in [-0.1, -0.05) is 11.6 Å². The summed E-state index contributed by atoms with van der Waals surface area (Å²) in [6, 6.07) is 4.83. The van der Waals surface area contributed by atoms with Crippen LogP contribution in [0.15, 0.2) is 43.0 Å². The van der Waals surface area contributed by atoms with Gasteiger partial charge in [-0.25, -0.2) is 9.97 Å². The van der Waals surface area contributed by atoms with Gasteiger partial charge in [0.25, 0.3) is 11.8 Å². The van der Waals surface area contributed by atoms with Crippen molar-refractivity contribution in [3.05, 3.63) is 59.3 Å². The number of rotatable bonds is 6. The average molecular weight is 636 g/mol. The average Bonchev–Trinajstić information content (AvgIpc) is 3.60. The Bertz CT molecular complexity index is 1660. The van der Waals surface area contributed by atoms with Crippen LogP contribution < -0.4 is 10.4 Å². The molecule has 1 aliphatic rings. The number of benzene rings is 1. The molecule has 3 aromatic heterocycles. The topological polar surface area (TPSA) is 152 Å². The van der Waals surface area contributed by atoms with Crippen LogP contribution in [0.5, 0.6) is 0 Å². The maximum Gasteiger partial charge on any atom is 0.433 e. The number of halogens is 4. The molecule has 44 heavy (non-hydrogen) atoms. The first-order chi connectivity index (χ1) is 20.7. The number of nitrogens with zero attached hydrogens (tertiary/aromatic N) is 7. The summed E-state index contributed by atoms with van der Waals surface area (Å²) in [6.07, 6.45) is 0.722. The van der Waals surface area contributed by atoms with E-state index in [-0.39, 0.29) is 39.6 Å². The molecule has 5 rings (SSSR count). The zero-order valence-electron chi connectivity index (χ0n) is 23.9. The lowest BCUT2D eigenvalue weighted by atomic mass is 10.1. The van der Waals surface area contributed by atoms with Gasteiger partial charge >= 0.3 is 6.18 Å². The number of carboxylic acid groups (broad SMARTS) is 1. The normalized spacial score (nSPS) is 13.8. The molecule has 13 nitrogen and oxygen atoms in total. The third-order valence-corrected chi connectivity index (χ3v) is 6.93. The highest BCUT2D eigenvalue weighted by Gasteiger charge is 2.36. The first-order valence-corrected chi connectivity index (χ1v) is 13.5. The molecular weight excluding hydrogens is 607 g/mol. The Balaban J connectivity index is 0.00000141.